The topological polar surface area (TPSA) is 38.3 Å². The minimum atomic E-state index is -1.06. The largest absolute Gasteiger partial charge is 0.496 e. The number of nitrogens with one attached hydrogen (secondary N) is 1. The predicted molar refractivity (Wildman–Crippen MR) is 51.2 cm³/mol. The fraction of sp³-hybridized carbons (Fsp3) is 0.300. The molecule has 0 unspecified atom stereocenters. The van der Waals surface area contributed by atoms with E-state index >= 15 is 0 Å². The van der Waals surface area contributed by atoms with Crippen LogP contribution in [0.15, 0.2) is 12.1 Å². The Morgan fingerprint density at radius 3 is 2.53 bits per heavy atom. The highest BCUT2D eigenvalue weighted by Gasteiger charge is 2.15. The quantitative estimate of drug-likeness (QED) is 0.771. The Hall–Kier alpha value is -1.49. The van der Waals surface area contributed by atoms with E-state index in [0.29, 0.717) is 0 Å². The Morgan fingerprint density at radius 2 is 2.00 bits per heavy atom. The minimum absolute atomic E-state index is 0.0331. The smallest absolute Gasteiger partial charge is 0.180 e. The van der Waals surface area contributed by atoms with Gasteiger partial charge < -0.3 is 10.1 Å². The third-order valence-corrected chi connectivity index (χ3v) is 1.88. The third-order valence-electron chi connectivity index (χ3n) is 1.88. The molecule has 0 atom stereocenters. The molecule has 0 saturated heterocycles. The maximum atomic E-state index is 12.9. The van der Waals surface area contributed by atoms with E-state index in [9.17, 15) is 13.6 Å². The molecule has 0 aromatic heterocycles. The second-order valence-corrected chi connectivity index (χ2v) is 2.92. The lowest BCUT2D eigenvalue weighted by molar-refractivity contribution is 0.0990. The van der Waals surface area contributed by atoms with Crippen LogP contribution in [-0.4, -0.2) is 26.5 Å². The van der Waals surface area contributed by atoms with Crippen molar-refractivity contribution < 1.29 is 18.3 Å². The Kier molecular flexibility index (Phi) is 3.74. The average molecular weight is 215 g/mol. The number of halogens is 2. The lowest BCUT2D eigenvalue weighted by Gasteiger charge is -2.07. The summed E-state index contributed by atoms with van der Waals surface area (Å²) in [4.78, 5) is 11.5. The van der Waals surface area contributed by atoms with Crippen molar-refractivity contribution in [3.05, 3.63) is 29.3 Å². The number of methoxy groups -OCH3 is 1. The number of hydrogen-bond donors (Lipinski definition) is 1. The molecule has 0 fully saturated rings. The van der Waals surface area contributed by atoms with Gasteiger partial charge in [0, 0.05) is 6.07 Å². The Bertz CT molecular complexity index is 380. The zero-order chi connectivity index (χ0) is 11.4. The van der Waals surface area contributed by atoms with Crippen LogP contribution >= 0.6 is 0 Å². The number of benzene rings is 1. The van der Waals surface area contributed by atoms with E-state index in [1.165, 1.54) is 7.11 Å². The van der Waals surface area contributed by atoms with E-state index in [-0.39, 0.29) is 23.6 Å². The molecular weight excluding hydrogens is 204 g/mol. The van der Waals surface area contributed by atoms with Crippen molar-refractivity contribution in [2.45, 2.75) is 0 Å². The Labute approximate surface area is 86.0 Å². The summed E-state index contributed by atoms with van der Waals surface area (Å²) >= 11 is 0. The highest BCUT2D eigenvalue weighted by Crippen LogP contribution is 2.22. The molecule has 0 saturated carbocycles. The van der Waals surface area contributed by atoms with Crippen LogP contribution in [0.4, 0.5) is 8.78 Å². The van der Waals surface area contributed by atoms with Crippen LogP contribution in [-0.2, 0) is 0 Å². The van der Waals surface area contributed by atoms with Gasteiger partial charge in [-0.1, -0.05) is 0 Å². The maximum absolute atomic E-state index is 12.9. The number of carbonyl (C=O) groups is 1. The molecule has 5 heteroatoms. The van der Waals surface area contributed by atoms with Crippen molar-refractivity contribution in [1.29, 1.82) is 0 Å². The van der Waals surface area contributed by atoms with Crippen molar-refractivity contribution in [2.75, 3.05) is 20.7 Å². The van der Waals surface area contributed by atoms with E-state index in [2.05, 4.69) is 5.32 Å². The number of hydrogen-bond acceptors (Lipinski definition) is 3. The number of rotatable bonds is 4. The minimum Gasteiger partial charge on any atom is -0.496 e. The molecule has 1 aromatic rings. The van der Waals surface area contributed by atoms with Gasteiger partial charge in [0.1, 0.15) is 5.75 Å². The molecule has 0 heterocycles. The first kappa shape index (κ1) is 11.6. The monoisotopic (exact) mass is 215 g/mol. The van der Waals surface area contributed by atoms with E-state index in [1.54, 1.807) is 7.05 Å². The predicted octanol–water partition coefficient (Wildman–Crippen LogP) is 1.38. The fourth-order valence-corrected chi connectivity index (χ4v) is 1.17. The van der Waals surface area contributed by atoms with Gasteiger partial charge in [-0.3, -0.25) is 4.79 Å². The number of carbonyl (C=O) groups excluding carboxylic acids is 1. The van der Waals surface area contributed by atoms with Gasteiger partial charge in [0.2, 0.25) is 0 Å². The van der Waals surface area contributed by atoms with Crippen molar-refractivity contribution in [2.24, 2.45) is 0 Å². The molecular formula is C10H11F2NO2. The summed E-state index contributed by atoms with van der Waals surface area (Å²) in [7, 11) is 2.88. The van der Waals surface area contributed by atoms with Gasteiger partial charge in [0.15, 0.2) is 17.4 Å². The number of likely N-dealkylation sites (N-methyl/N-ethyl adjacent to an activating group) is 1. The summed E-state index contributed by atoms with van der Waals surface area (Å²) < 4.78 is 30.5. The van der Waals surface area contributed by atoms with Crippen LogP contribution in [0, 0.1) is 11.6 Å². The molecule has 0 radical (unpaired) electrons. The summed E-state index contributed by atoms with van der Waals surface area (Å²) in [6.45, 7) is 0.0431. The van der Waals surface area contributed by atoms with Gasteiger partial charge in [-0.25, -0.2) is 8.78 Å². The molecule has 0 aliphatic heterocycles. The van der Waals surface area contributed by atoms with Crippen molar-refractivity contribution >= 4 is 5.78 Å². The van der Waals surface area contributed by atoms with Crippen LogP contribution < -0.4 is 10.1 Å². The van der Waals surface area contributed by atoms with Gasteiger partial charge in [0.05, 0.1) is 19.2 Å². The van der Waals surface area contributed by atoms with Crippen LogP contribution in [0.25, 0.3) is 0 Å². The fourth-order valence-electron chi connectivity index (χ4n) is 1.17. The maximum Gasteiger partial charge on any atom is 0.180 e. The first-order valence-electron chi connectivity index (χ1n) is 4.31. The van der Waals surface area contributed by atoms with Crippen LogP contribution in [0.3, 0.4) is 0 Å². The summed E-state index contributed by atoms with van der Waals surface area (Å²) in [5.74, 6) is -2.41. The zero-order valence-electron chi connectivity index (χ0n) is 8.43. The summed E-state index contributed by atoms with van der Waals surface area (Å²) in [6, 6.07) is 1.70. The molecule has 0 aliphatic rings. The molecule has 1 aromatic carbocycles. The normalized spacial score (nSPS) is 10.1. The number of ether oxygens (including phenoxy) is 1. The standard InChI is InChI=1S/C10H11F2NO2/c1-13-5-9(14)6-3-7(11)8(12)4-10(6)15-2/h3-4,13H,5H2,1-2H3. The SMILES string of the molecule is CNCC(=O)c1cc(F)c(F)cc1OC. The van der Waals surface area contributed by atoms with Crippen molar-refractivity contribution in [3.8, 4) is 5.75 Å². The summed E-state index contributed by atoms with van der Waals surface area (Å²) in [5, 5.41) is 2.63. The van der Waals surface area contributed by atoms with Gasteiger partial charge in [0.25, 0.3) is 0 Å². The summed E-state index contributed by atoms with van der Waals surface area (Å²) in [6.07, 6.45) is 0. The molecule has 3 nitrogen and oxygen atoms in total. The highest BCUT2D eigenvalue weighted by molar-refractivity contribution is 6.00. The van der Waals surface area contributed by atoms with E-state index < -0.39 is 11.6 Å². The molecule has 0 amide bonds. The first-order chi connectivity index (χ1) is 7.10. The molecule has 0 spiro atoms. The first-order valence-corrected chi connectivity index (χ1v) is 4.31. The Balaban J connectivity index is 3.15. The Morgan fingerprint density at radius 1 is 1.40 bits per heavy atom. The lowest BCUT2D eigenvalue weighted by atomic mass is 10.1. The van der Waals surface area contributed by atoms with E-state index in [0.717, 1.165) is 12.1 Å². The lowest BCUT2D eigenvalue weighted by Crippen LogP contribution is -2.19. The summed E-state index contributed by atoms with van der Waals surface area (Å²) in [5.41, 5.74) is 0.0331. The van der Waals surface area contributed by atoms with Crippen molar-refractivity contribution in [3.63, 3.8) is 0 Å². The van der Waals surface area contributed by atoms with Gasteiger partial charge in [-0.05, 0) is 13.1 Å². The molecule has 0 aliphatic carbocycles. The second-order valence-electron chi connectivity index (χ2n) is 2.92. The van der Waals surface area contributed by atoms with E-state index in [4.69, 9.17) is 4.74 Å². The highest BCUT2D eigenvalue weighted by atomic mass is 19.2. The third kappa shape index (κ3) is 2.50. The molecule has 82 valence electrons. The second kappa shape index (κ2) is 4.84. The van der Waals surface area contributed by atoms with Crippen LogP contribution in [0.1, 0.15) is 10.4 Å². The van der Waals surface area contributed by atoms with E-state index in [1.807, 2.05) is 0 Å². The van der Waals surface area contributed by atoms with Crippen molar-refractivity contribution in [1.82, 2.24) is 5.32 Å². The number of ketones is 1. The number of Topliss-reactive ketones (excluding diaryl/α,β-unsaturated/α-hetero) is 1. The molecule has 15 heavy (non-hydrogen) atoms. The zero-order valence-corrected chi connectivity index (χ0v) is 8.43. The van der Waals surface area contributed by atoms with Gasteiger partial charge in [-0.15, -0.1) is 0 Å². The van der Waals surface area contributed by atoms with Gasteiger partial charge >= 0.3 is 0 Å². The molecule has 0 bridgehead atoms. The van der Waals surface area contributed by atoms with Gasteiger partial charge in [-0.2, -0.15) is 0 Å². The molecule has 1 rings (SSSR count). The molecule has 1 N–H and O–H groups in total. The van der Waals surface area contributed by atoms with Crippen LogP contribution in [0.5, 0.6) is 5.75 Å². The van der Waals surface area contributed by atoms with Crippen LogP contribution in [0.2, 0.25) is 0 Å². The average Bonchev–Trinajstić information content (AvgIpc) is 2.21.